The largest absolute Gasteiger partial charge is 0.337 e. The molecule has 1 fully saturated rings. The number of amides is 1. The minimum Gasteiger partial charge on any atom is -0.337 e. The summed E-state index contributed by atoms with van der Waals surface area (Å²) >= 11 is 0. The first kappa shape index (κ1) is 20.5. The molecule has 0 bridgehead atoms. The van der Waals surface area contributed by atoms with E-state index in [4.69, 9.17) is 5.73 Å². The SMILES string of the molecule is Cc1cc(C(=O)N2CCCC(N)C2)c(C)n1-c1ccccn1.Cl.Cl. The highest BCUT2D eigenvalue weighted by Gasteiger charge is 2.25. The van der Waals surface area contributed by atoms with Crippen molar-refractivity contribution in [1.29, 1.82) is 0 Å². The van der Waals surface area contributed by atoms with Crippen LogP contribution in [0, 0.1) is 13.8 Å². The van der Waals surface area contributed by atoms with Gasteiger partial charge in [0.25, 0.3) is 5.91 Å². The number of piperidine rings is 1. The number of carbonyl (C=O) groups excluding carboxylic acids is 1. The Morgan fingerprint density at radius 1 is 1.29 bits per heavy atom. The van der Waals surface area contributed by atoms with Gasteiger partial charge in [0, 0.05) is 36.7 Å². The van der Waals surface area contributed by atoms with Crippen molar-refractivity contribution in [1.82, 2.24) is 14.5 Å². The van der Waals surface area contributed by atoms with Crippen molar-refractivity contribution in [2.45, 2.75) is 32.7 Å². The Morgan fingerprint density at radius 2 is 2.04 bits per heavy atom. The Balaban J connectivity index is 0.00000144. The summed E-state index contributed by atoms with van der Waals surface area (Å²) in [5.41, 5.74) is 8.69. The van der Waals surface area contributed by atoms with Crippen LogP contribution in [0.1, 0.15) is 34.6 Å². The fraction of sp³-hybridized carbons (Fsp3) is 0.412. The molecule has 1 saturated heterocycles. The average molecular weight is 371 g/mol. The second-order valence-corrected chi connectivity index (χ2v) is 5.96. The zero-order chi connectivity index (χ0) is 15.7. The molecule has 5 nitrogen and oxygen atoms in total. The van der Waals surface area contributed by atoms with Gasteiger partial charge in [-0.25, -0.2) is 4.98 Å². The molecule has 0 aliphatic carbocycles. The van der Waals surface area contributed by atoms with E-state index < -0.39 is 0 Å². The third-order valence-corrected chi connectivity index (χ3v) is 4.28. The van der Waals surface area contributed by atoms with Crippen LogP contribution in [-0.2, 0) is 0 Å². The van der Waals surface area contributed by atoms with Crippen LogP contribution < -0.4 is 5.73 Å². The van der Waals surface area contributed by atoms with E-state index in [1.54, 1.807) is 6.20 Å². The lowest BCUT2D eigenvalue weighted by Crippen LogP contribution is -2.45. The number of aryl methyl sites for hydroxylation is 1. The normalized spacial score (nSPS) is 17.0. The van der Waals surface area contributed by atoms with E-state index in [0.717, 1.165) is 42.2 Å². The Kier molecular flexibility index (Phi) is 7.27. The van der Waals surface area contributed by atoms with E-state index in [0.29, 0.717) is 6.54 Å². The monoisotopic (exact) mass is 370 g/mol. The summed E-state index contributed by atoms with van der Waals surface area (Å²) < 4.78 is 2.02. The molecule has 1 atom stereocenters. The fourth-order valence-electron chi connectivity index (χ4n) is 3.18. The Bertz CT molecular complexity index is 687. The van der Waals surface area contributed by atoms with Gasteiger partial charge in [0.15, 0.2) is 0 Å². The highest BCUT2D eigenvalue weighted by atomic mass is 35.5. The van der Waals surface area contributed by atoms with Gasteiger partial charge in [-0.15, -0.1) is 24.8 Å². The van der Waals surface area contributed by atoms with Crippen LogP contribution in [0.5, 0.6) is 0 Å². The van der Waals surface area contributed by atoms with Gasteiger partial charge in [0.2, 0.25) is 0 Å². The molecular formula is C17H24Cl2N4O. The van der Waals surface area contributed by atoms with Crippen LogP contribution >= 0.6 is 24.8 Å². The molecule has 0 radical (unpaired) electrons. The quantitative estimate of drug-likeness (QED) is 0.883. The van der Waals surface area contributed by atoms with E-state index in [1.165, 1.54) is 0 Å². The smallest absolute Gasteiger partial charge is 0.255 e. The minimum absolute atomic E-state index is 0. The number of nitrogens with zero attached hydrogens (tertiary/aromatic N) is 3. The van der Waals surface area contributed by atoms with Crippen LogP contribution in [0.4, 0.5) is 0 Å². The summed E-state index contributed by atoms with van der Waals surface area (Å²) in [5.74, 6) is 0.914. The van der Waals surface area contributed by atoms with Crippen LogP contribution in [0.2, 0.25) is 0 Å². The molecule has 1 unspecified atom stereocenters. The number of hydrogen-bond acceptors (Lipinski definition) is 3. The Labute approximate surface area is 155 Å². The predicted octanol–water partition coefficient (Wildman–Crippen LogP) is 2.90. The lowest BCUT2D eigenvalue weighted by atomic mass is 10.1. The highest BCUT2D eigenvalue weighted by Crippen LogP contribution is 2.22. The molecule has 132 valence electrons. The van der Waals surface area contributed by atoms with E-state index >= 15 is 0 Å². The van der Waals surface area contributed by atoms with Crippen molar-refractivity contribution < 1.29 is 4.79 Å². The second kappa shape index (κ2) is 8.51. The van der Waals surface area contributed by atoms with Crippen molar-refractivity contribution in [3.8, 4) is 5.82 Å². The highest BCUT2D eigenvalue weighted by molar-refractivity contribution is 5.96. The molecular weight excluding hydrogens is 347 g/mol. The van der Waals surface area contributed by atoms with Gasteiger partial charge in [0.1, 0.15) is 5.82 Å². The standard InChI is InChI=1S/C17H22N4O.2ClH/c1-12-10-15(17(22)20-9-5-6-14(18)11-20)13(2)21(12)16-7-3-4-8-19-16;;/h3-4,7-8,10,14H,5-6,9,11,18H2,1-2H3;2*1H. The fourth-order valence-corrected chi connectivity index (χ4v) is 3.18. The van der Waals surface area contributed by atoms with E-state index in [1.807, 2.05) is 47.6 Å². The maximum absolute atomic E-state index is 12.8. The Morgan fingerprint density at radius 3 is 2.67 bits per heavy atom. The van der Waals surface area contributed by atoms with Crippen molar-refractivity contribution in [3.05, 3.63) is 47.4 Å². The number of nitrogens with two attached hydrogens (primary N) is 1. The number of halogens is 2. The van der Waals surface area contributed by atoms with Crippen molar-refractivity contribution >= 4 is 30.7 Å². The molecule has 1 aliphatic heterocycles. The zero-order valence-electron chi connectivity index (χ0n) is 13.9. The van der Waals surface area contributed by atoms with Crippen molar-refractivity contribution in [3.63, 3.8) is 0 Å². The summed E-state index contributed by atoms with van der Waals surface area (Å²) in [5, 5.41) is 0. The molecule has 7 heteroatoms. The van der Waals surface area contributed by atoms with Gasteiger partial charge in [-0.2, -0.15) is 0 Å². The molecule has 0 saturated carbocycles. The van der Waals surface area contributed by atoms with Crippen LogP contribution in [-0.4, -0.2) is 39.5 Å². The maximum Gasteiger partial charge on any atom is 0.255 e. The first-order valence-corrected chi connectivity index (χ1v) is 7.73. The minimum atomic E-state index is 0. The summed E-state index contributed by atoms with van der Waals surface area (Å²) in [4.78, 5) is 19.1. The first-order chi connectivity index (χ1) is 10.6. The van der Waals surface area contributed by atoms with Crippen molar-refractivity contribution in [2.24, 2.45) is 5.73 Å². The number of carbonyl (C=O) groups is 1. The number of pyridine rings is 1. The average Bonchev–Trinajstić information content (AvgIpc) is 2.82. The van der Waals surface area contributed by atoms with E-state index in [-0.39, 0.29) is 36.8 Å². The predicted molar refractivity (Wildman–Crippen MR) is 101 cm³/mol. The summed E-state index contributed by atoms with van der Waals surface area (Å²) in [7, 11) is 0. The molecule has 0 spiro atoms. The number of likely N-dealkylation sites (tertiary alicyclic amines) is 1. The van der Waals surface area contributed by atoms with Crippen LogP contribution in [0.3, 0.4) is 0 Å². The van der Waals surface area contributed by atoms with Gasteiger partial charge in [-0.3, -0.25) is 4.79 Å². The number of rotatable bonds is 2. The Hall–Kier alpha value is -1.56. The third kappa shape index (κ3) is 3.91. The van der Waals surface area contributed by atoms with Gasteiger partial charge in [-0.1, -0.05) is 6.07 Å². The van der Waals surface area contributed by atoms with Crippen LogP contribution in [0.15, 0.2) is 30.5 Å². The van der Waals surface area contributed by atoms with Crippen LogP contribution in [0.25, 0.3) is 5.82 Å². The molecule has 1 amide bonds. The zero-order valence-corrected chi connectivity index (χ0v) is 15.6. The van der Waals surface area contributed by atoms with Crippen molar-refractivity contribution in [2.75, 3.05) is 13.1 Å². The van der Waals surface area contributed by atoms with E-state index in [2.05, 4.69) is 4.98 Å². The molecule has 0 aromatic carbocycles. The molecule has 24 heavy (non-hydrogen) atoms. The molecule has 1 aliphatic rings. The van der Waals surface area contributed by atoms with Gasteiger partial charge >= 0.3 is 0 Å². The molecule has 2 N–H and O–H groups in total. The summed E-state index contributed by atoms with van der Waals surface area (Å²) in [6, 6.07) is 7.83. The molecule has 2 aromatic rings. The summed E-state index contributed by atoms with van der Waals surface area (Å²) in [6.45, 7) is 5.41. The first-order valence-electron chi connectivity index (χ1n) is 7.73. The van der Waals surface area contributed by atoms with E-state index in [9.17, 15) is 4.79 Å². The van der Waals surface area contributed by atoms with Gasteiger partial charge < -0.3 is 15.2 Å². The number of hydrogen-bond donors (Lipinski definition) is 1. The topological polar surface area (TPSA) is 64.2 Å². The third-order valence-electron chi connectivity index (χ3n) is 4.28. The molecule has 2 aromatic heterocycles. The number of aromatic nitrogens is 2. The molecule has 3 heterocycles. The lowest BCUT2D eigenvalue weighted by molar-refractivity contribution is 0.0708. The summed E-state index contributed by atoms with van der Waals surface area (Å²) in [6.07, 6.45) is 3.74. The maximum atomic E-state index is 12.8. The van der Waals surface area contributed by atoms with Gasteiger partial charge in [-0.05, 0) is 44.9 Å². The lowest BCUT2D eigenvalue weighted by Gasteiger charge is -2.30. The second-order valence-electron chi connectivity index (χ2n) is 5.96. The molecule has 3 rings (SSSR count). The van der Waals surface area contributed by atoms with Gasteiger partial charge in [0.05, 0.1) is 5.56 Å².